The molecular weight excluding hydrogens is 465 g/mol. The minimum absolute atomic E-state index is 0.0578. The van der Waals surface area contributed by atoms with Gasteiger partial charge in [-0.3, -0.25) is 0 Å². The summed E-state index contributed by atoms with van der Waals surface area (Å²) in [6.07, 6.45) is 1.68. The molecule has 13 heteroatoms. The van der Waals surface area contributed by atoms with Crippen LogP contribution in [0.3, 0.4) is 0 Å². The first-order valence-electron chi connectivity index (χ1n) is 9.33. The van der Waals surface area contributed by atoms with E-state index < -0.39 is 35.6 Å². The van der Waals surface area contributed by atoms with Gasteiger partial charge in [0.15, 0.2) is 9.84 Å². The lowest BCUT2D eigenvalue weighted by molar-refractivity contribution is 0.126. The average Bonchev–Trinajstić information content (AvgIpc) is 3.43. The van der Waals surface area contributed by atoms with Crippen molar-refractivity contribution in [1.82, 2.24) is 0 Å². The Balaban J connectivity index is 1.69. The van der Waals surface area contributed by atoms with Crippen molar-refractivity contribution in [2.45, 2.75) is 16.2 Å². The average molecular weight is 488 g/mol. The van der Waals surface area contributed by atoms with E-state index in [1.54, 1.807) is 0 Å². The fourth-order valence-corrected chi connectivity index (χ4v) is 5.45. The second-order valence-electron chi connectivity index (χ2n) is 7.26. The molecule has 1 fully saturated rings. The monoisotopic (exact) mass is 487 g/mol. The van der Waals surface area contributed by atoms with Gasteiger partial charge in [0, 0.05) is 30.4 Å². The van der Waals surface area contributed by atoms with Gasteiger partial charge >= 0.3 is 10.1 Å². The van der Waals surface area contributed by atoms with Crippen molar-refractivity contribution in [2.24, 2.45) is 28.5 Å². The SMILES string of the molecule is CS(=O)(=O)c1ccccc1S(=O)(=O)Oc1cc(F)cc(OCC2CC2CON=C(N)N)c1. The second-order valence-corrected chi connectivity index (χ2v) is 10.8. The Hall–Kier alpha value is -3.06. The number of rotatable bonds is 10. The number of nitrogens with zero attached hydrogens (tertiary/aromatic N) is 1. The van der Waals surface area contributed by atoms with Gasteiger partial charge in [0.05, 0.1) is 11.5 Å². The summed E-state index contributed by atoms with van der Waals surface area (Å²) in [5, 5.41) is 3.43. The summed E-state index contributed by atoms with van der Waals surface area (Å²) in [6.45, 7) is 0.545. The summed E-state index contributed by atoms with van der Waals surface area (Å²) in [4.78, 5) is 4.00. The Morgan fingerprint density at radius 1 is 1.03 bits per heavy atom. The third kappa shape index (κ3) is 6.23. The molecule has 2 aromatic carbocycles. The minimum Gasteiger partial charge on any atom is -0.493 e. The Labute approximate surface area is 185 Å². The molecule has 4 N–H and O–H groups in total. The Morgan fingerprint density at radius 3 is 2.31 bits per heavy atom. The predicted octanol–water partition coefficient (Wildman–Crippen LogP) is 1.22. The lowest BCUT2D eigenvalue weighted by Gasteiger charge is -2.12. The zero-order valence-corrected chi connectivity index (χ0v) is 18.6. The highest BCUT2D eigenvalue weighted by Crippen LogP contribution is 2.39. The molecule has 1 saturated carbocycles. The number of halogens is 1. The first-order chi connectivity index (χ1) is 15.0. The van der Waals surface area contributed by atoms with Crippen LogP contribution in [0.1, 0.15) is 6.42 Å². The molecule has 0 aliphatic heterocycles. The van der Waals surface area contributed by atoms with Crippen molar-refractivity contribution in [1.29, 1.82) is 0 Å². The first-order valence-corrected chi connectivity index (χ1v) is 12.6. The molecule has 0 heterocycles. The van der Waals surface area contributed by atoms with Gasteiger partial charge in [-0.05, 0) is 29.6 Å². The molecule has 1 aliphatic carbocycles. The van der Waals surface area contributed by atoms with Crippen molar-refractivity contribution in [2.75, 3.05) is 19.5 Å². The summed E-state index contributed by atoms with van der Waals surface area (Å²) in [6, 6.07) is 8.13. The lowest BCUT2D eigenvalue weighted by atomic mass is 10.3. The number of benzene rings is 2. The highest BCUT2D eigenvalue weighted by Gasteiger charge is 2.38. The van der Waals surface area contributed by atoms with E-state index >= 15 is 0 Å². The van der Waals surface area contributed by atoms with E-state index in [2.05, 4.69) is 5.16 Å². The standard InChI is InChI=1S/C19H22FN3O7S2/c1-31(24,25)17-4-2-3-5-18(17)32(26,27)30-16-8-14(20)7-15(9-16)28-10-12-6-13(12)11-29-23-19(21)22/h2-5,7-9,12-13H,6,10-11H2,1H3,(H4,21,22,23). The highest BCUT2D eigenvalue weighted by molar-refractivity contribution is 7.92. The Morgan fingerprint density at radius 2 is 1.66 bits per heavy atom. The summed E-state index contributed by atoms with van der Waals surface area (Å²) in [5.41, 5.74) is 10.3. The molecule has 1 aliphatic rings. The maximum atomic E-state index is 14.0. The molecule has 0 spiro atoms. The van der Waals surface area contributed by atoms with E-state index in [-0.39, 0.29) is 35.9 Å². The summed E-state index contributed by atoms with van der Waals surface area (Å²) >= 11 is 0. The Kier molecular flexibility index (Phi) is 6.79. The number of sulfone groups is 1. The van der Waals surface area contributed by atoms with Crippen LogP contribution in [-0.4, -0.2) is 42.3 Å². The molecule has 10 nitrogen and oxygen atoms in total. The first kappa shape index (κ1) is 23.6. The molecule has 2 atom stereocenters. The zero-order chi connectivity index (χ0) is 23.5. The lowest BCUT2D eigenvalue weighted by Crippen LogP contribution is -2.23. The van der Waals surface area contributed by atoms with Crippen LogP contribution in [0.4, 0.5) is 4.39 Å². The third-order valence-corrected chi connectivity index (χ3v) is 7.15. The van der Waals surface area contributed by atoms with Crippen LogP contribution in [0.2, 0.25) is 0 Å². The molecule has 0 amide bonds. The number of hydrogen-bond donors (Lipinski definition) is 2. The maximum absolute atomic E-state index is 14.0. The van der Waals surface area contributed by atoms with Gasteiger partial charge in [-0.1, -0.05) is 12.1 Å². The van der Waals surface area contributed by atoms with Gasteiger partial charge < -0.3 is 25.2 Å². The third-order valence-electron chi connectivity index (χ3n) is 4.56. The minimum atomic E-state index is -4.56. The molecule has 0 bridgehead atoms. The van der Waals surface area contributed by atoms with Crippen LogP contribution in [0.15, 0.2) is 57.4 Å². The molecule has 0 saturated heterocycles. The molecule has 32 heavy (non-hydrogen) atoms. The van der Waals surface area contributed by atoms with Gasteiger partial charge in [-0.25, -0.2) is 12.8 Å². The van der Waals surface area contributed by atoms with E-state index in [0.717, 1.165) is 36.9 Å². The zero-order valence-electron chi connectivity index (χ0n) is 17.0. The van der Waals surface area contributed by atoms with E-state index in [4.69, 9.17) is 25.2 Å². The van der Waals surface area contributed by atoms with Gasteiger partial charge in [-0.15, -0.1) is 0 Å². The predicted molar refractivity (Wildman–Crippen MR) is 113 cm³/mol. The number of hydrogen-bond acceptors (Lipinski definition) is 8. The normalized spacial score (nSPS) is 17.9. The topological polar surface area (TPSA) is 160 Å². The molecule has 0 aromatic heterocycles. The quantitative estimate of drug-likeness (QED) is 0.217. The summed E-state index contributed by atoms with van der Waals surface area (Å²) < 4.78 is 73.7. The smallest absolute Gasteiger partial charge is 0.340 e. The Bertz CT molecular complexity index is 1230. The molecule has 2 unspecified atom stereocenters. The largest absolute Gasteiger partial charge is 0.493 e. The van der Waals surface area contributed by atoms with Crippen LogP contribution >= 0.6 is 0 Å². The van der Waals surface area contributed by atoms with E-state index in [1.807, 2.05) is 0 Å². The van der Waals surface area contributed by atoms with Gasteiger partial charge in [0.25, 0.3) is 0 Å². The van der Waals surface area contributed by atoms with Crippen molar-refractivity contribution in [3.8, 4) is 11.5 Å². The number of guanidine groups is 1. The van der Waals surface area contributed by atoms with Crippen molar-refractivity contribution < 1.29 is 35.0 Å². The van der Waals surface area contributed by atoms with Crippen molar-refractivity contribution in [3.05, 3.63) is 48.3 Å². The second kappa shape index (κ2) is 9.20. The van der Waals surface area contributed by atoms with Gasteiger partial charge in [-0.2, -0.15) is 8.42 Å². The van der Waals surface area contributed by atoms with Crippen molar-refractivity contribution >= 4 is 25.9 Å². The van der Waals surface area contributed by atoms with Crippen LogP contribution in [-0.2, 0) is 24.8 Å². The fourth-order valence-electron chi connectivity index (χ4n) is 2.93. The summed E-state index contributed by atoms with van der Waals surface area (Å²) in [5.74, 6) is -0.945. The van der Waals surface area contributed by atoms with Crippen LogP contribution in [0, 0.1) is 17.7 Å². The van der Waals surface area contributed by atoms with Crippen LogP contribution in [0.5, 0.6) is 11.5 Å². The fraction of sp³-hybridized carbons (Fsp3) is 0.316. The highest BCUT2D eigenvalue weighted by atomic mass is 32.2. The maximum Gasteiger partial charge on any atom is 0.340 e. The molecule has 2 aromatic rings. The molecular formula is C19H22FN3O7S2. The molecule has 0 radical (unpaired) electrons. The summed E-state index contributed by atoms with van der Waals surface area (Å²) in [7, 11) is -8.40. The van der Waals surface area contributed by atoms with E-state index in [9.17, 15) is 21.2 Å². The molecule has 174 valence electrons. The molecule has 3 rings (SSSR count). The van der Waals surface area contributed by atoms with Crippen LogP contribution < -0.4 is 20.4 Å². The number of oxime groups is 1. The number of ether oxygens (including phenoxy) is 1. The van der Waals surface area contributed by atoms with E-state index in [1.165, 1.54) is 18.2 Å². The van der Waals surface area contributed by atoms with Crippen LogP contribution in [0.25, 0.3) is 0 Å². The van der Waals surface area contributed by atoms with Gasteiger partial charge in [0.2, 0.25) is 5.96 Å². The van der Waals surface area contributed by atoms with Gasteiger partial charge in [0.1, 0.15) is 28.8 Å². The van der Waals surface area contributed by atoms with E-state index in [0.29, 0.717) is 6.61 Å². The number of nitrogens with two attached hydrogens (primary N) is 2. The van der Waals surface area contributed by atoms with Crippen molar-refractivity contribution in [3.63, 3.8) is 0 Å².